The Bertz CT molecular complexity index is 400. The lowest BCUT2D eigenvalue weighted by molar-refractivity contribution is 0.0891. The molecule has 1 fully saturated rings. The molecule has 0 spiro atoms. The van der Waals surface area contributed by atoms with Crippen LogP contribution in [0, 0.1) is 5.82 Å². The van der Waals surface area contributed by atoms with Gasteiger partial charge in [-0.15, -0.1) is 0 Å². The lowest BCUT2D eigenvalue weighted by Gasteiger charge is -2.33. The summed E-state index contributed by atoms with van der Waals surface area (Å²) in [7, 11) is 3.59. The molecule has 1 aliphatic heterocycles. The highest BCUT2D eigenvalue weighted by Gasteiger charge is 2.22. The van der Waals surface area contributed by atoms with Crippen molar-refractivity contribution < 1.29 is 9.13 Å². The Labute approximate surface area is 107 Å². The van der Waals surface area contributed by atoms with Crippen LogP contribution in [0.5, 0.6) is 0 Å². The van der Waals surface area contributed by atoms with Gasteiger partial charge in [-0.2, -0.15) is 0 Å². The highest BCUT2D eigenvalue weighted by Crippen LogP contribution is 2.23. The minimum Gasteiger partial charge on any atom is -0.380 e. The molecule has 2 heterocycles. The van der Waals surface area contributed by atoms with Gasteiger partial charge in [0.1, 0.15) is 11.6 Å². The van der Waals surface area contributed by atoms with Gasteiger partial charge in [0.05, 0.1) is 12.3 Å². The van der Waals surface area contributed by atoms with E-state index in [1.165, 1.54) is 6.20 Å². The van der Waals surface area contributed by atoms with Crippen LogP contribution in [-0.2, 0) is 11.3 Å². The summed E-state index contributed by atoms with van der Waals surface area (Å²) in [4.78, 5) is 6.43. The molecule has 1 atom stereocenters. The third-order valence-electron chi connectivity index (χ3n) is 3.29. The molecule has 4 nitrogen and oxygen atoms in total. The van der Waals surface area contributed by atoms with Crippen molar-refractivity contribution >= 4 is 5.82 Å². The van der Waals surface area contributed by atoms with Gasteiger partial charge in [0.2, 0.25) is 0 Å². The van der Waals surface area contributed by atoms with Crippen LogP contribution >= 0.6 is 0 Å². The third kappa shape index (κ3) is 2.97. The minimum absolute atomic E-state index is 0.244. The van der Waals surface area contributed by atoms with E-state index in [0.717, 1.165) is 37.3 Å². The highest BCUT2D eigenvalue weighted by molar-refractivity contribution is 5.47. The van der Waals surface area contributed by atoms with Gasteiger partial charge in [0.15, 0.2) is 0 Å². The Morgan fingerprint density at radius 3 is 3.17 bits per heavy atom. The minimum atomic E-state index is -0.288. The maximum absolute atomic E-state index is 13.2. The zero-order chi connectivity index (χ0) is 13.0. The quantitative estimate of drug-likeness (QED) is 0.883. The fourth-order valence-corrected chi connectivity index (χ4v) is 2.40. The lowest BCUT2D eigenvalue weighted by Crippen LogP contribution is -2.40. The summed E-state index contributed by atoms with van der Waals surface area (Å²) < 4.78 is 18.7. The van der Waals surface area contributed by atoms with Crippen molar-refractivity contribution in [2.75, 3.05) is 32.1 Å². The van der Waals surface area contributed by atoms with Gasteiger partial charge < -0.3 is 15.0 Å². The molecular formula is C13H20FN3O. The first-order chi connectivity index (χ1) is 8.74. The van der Waals surface area contributed by atoms with Crippen molar-refractivity contribution in [2.24, 2.45) is 0 Å². The van der Waals surface area contributed by atoms with Crippen LogP contribution in [0.25, 0.3) is 0 Å². The zero-order valence-electron chi connectivity index (χ0n) is 10.9. The Morgan fingerprint density at radius 2 is 2.44 bits per heavy atom. The molecule has 0 saturated carbocycles. The number of pyridine rings is 1. The number of ether oxygens (including phenoxy) is 1. The molecule has 1 unspecified atom stereocenters. The predicted octanol–water partition coefficient (Wildman–Crippen LogP) is 1.56. The fourth-order valence-electron chi connectivity index (χ4n) is 2.40. The second kappa shape index (κ2) is 6.11. The second-order valence-corrected chi connectivity index (χ2v) is 4.61. The van der Waals surface area contributed by atoms with Crippen molar-refractivity contribution in [2.45, 2.75) is 25.5 Å². The van der Waals surface area contributed by atoms with Gasteiger partial charge >= 0.3 is 0 Å². The number of rotatable bonds is 4. The molecule has 1 aromatic heterocycles. The van der Waals surface area contributed by atoms with E-state index in [2.05, 4.69) is 15.2 Å². The van der Waals surface area contributed by atoms with E-state index in [0.29, 0.717) is 6.54 Å². The molecule has 1 N–H and O–H groups in total. The van der Waals surface area contributed by atoms with Gasteiger partial charge in [-0.05, 0) is 26.0 Å². The Hall–Kier alpha value is -1.20. The molecule has 2 rings (SSSR count). The fraction of sp³-hybridized carbons (Fsp3) is 0.615. The Kier molecular flexibility index (Phi) is 4.49. The molecule has 0 aliphatic carbocycles. The molecule has 0 radical (unpaired) electrons. The third-order valence-corrected chi connectivity index (χ3v) is 3.29. The van der Waals surface area contributed by atoms with E-state index in [1.54, 1.807) is 13.2 Å². The van der Waals surface area contributed by atoms with Crippen molar-refractivity contribution in [3.05, 3.63) is 23.6 Å². The average molecular weight is 253 g/mol. The summed E-state index contributed by atoms with van der Waals surface area (Å²) >= 11 is 0. The number of hydrogen-bond donors (Lipinski definition) is 1. The number of anilines is 1. The largest absolute Gasteiger partial charge is 0.380 e. The average Bonchev–Trinajstić information content (AvgIpc) is 2.39. The van der Waals surface area contributed by atoms with E-state index in [1.807, 2.05) is 7.05 Å². The maximum Gasteiger partial charge on any atom is 0.141 e. The number of halogens is 1. The standard InChI is InChI=1S/C13H20FN3O/c1-15-7-10-6-11(14)8-16-13(10)17-5-3-4-12(9-17)18-2/h6,8,12,15H,3-5,7,9H2,1-2H3. The van der Waals surface area contributed by atoms with Crippen molar-refractivity contribution in [1.29, 1.82) is 0 Å². The first-order valence-electron chi connectivity index (χ1n) is 6.31. The maximum atomic E-state index is 13.2. The Morgan fingerprint density at radius 1 is 1.61 bits per heavy atom. The molecule has 1 aliphatic rings. The van der Waals surface area contributed by atoms with Gasteiger partial charge in [-0.1, -0.05) is 0 Å². The number of methoxy groups -OCH3 is 1. The lowest BCUT2D eigenvalue weighted by atomic mass is 10.1. The number of nitrogens with zero attached hydrogens (tertiary/aromatic N) is 2. The highest BCUT2D eigenvalue weighted by atomic mass is 19.1. The molecule has 1 aromatic rings. The van der Waals surface area contributed by atoms with Gasteiger partial charge in [-0.3, -0.25) is 0 Å². The second-order valence-electron chi connectivity index (χ2n) is 4.61. The van der Waals surface area contributed by atoms with E-state index in [4.69, 9.17) is 4.74 Å². The van der Waals surface area contributed by atoms with Crippen molar-refractivity contribution in [1.82, 2.24) is 10.3 Å². The van der Waals surface area contributed by atoms with E-state index in [9.17, 15) is 4.39 Å². The van der Waals surface area contributed by atoms with E-state index < -0.39 is 0 Å². The number of aromatic nitrogens is 1. The van der Waals surface area contributed by atoms with Crippen LogP contribution in [-0.4, -0.2) is 38.3 Å². The number of nitrogens with one attached hydrogen (secondary N) is 1. The van der Waals surface area contributed by atoms with Crippen LogP contribution in [0.4, 0.5) is 10.2 Å². The summed E-state index contributed by atoms with van der Waals surface area (Å²) in [5.41, 5.74) is 0.897. The van der Waals surface area contributed by atoms with Crippen molar-refractivity contribution in [3.63, 3.8) is 0 Å². The van der Waals surface area contributed by atoms with Crippen LogP contribution in [0.2, 0.25) is 0 Å². The predicted molar refractivity (Wildman–Crippen MR) is 69.2 cm³/mol. The van der Waals surface area contributed by atoms with Crippen LogP contribution in [0.15, 0.2) is 12.3 Å². The smallest absolute Gasteiger partial charge is 0.141 e. The monoisotopic (exact) mass is 253 g/mol. The van der Waals surface area contributed by atoms with Gasteiger partial charge in [-0.25, -0.2) is 9.37 Å². The molecule has 0 bridgehead atoms. The molecule has 0 amide bonds. The van der Waals surface area contributed by atoms with E-state index in [-0.39, 0.29) is 11.9 Å². The SMILES string of the molecule is CNCc1cc(F)cnc1N1CCCC(OC)C1. The first-order valence-corrected chi connectivity index (χ1v) is 6.31. The topological polar surface area (TPSA) is 37.4 Å². The van der Waals surface area contributed by atoms with Gasteiger partial charge in [0.25, 0.3) is 0 Å². The molecular weight excluding hydrogens is 233 g/mol. The summed E-state index contributed by atoms with van der Waals surface area (Å²) in [6, 6.07) is 1.55. The molecule has 100 valence electrons. The number of piperidine rings is 1. The Balaban J connectivity index is 2.20. The van der Waals surface area contributed by atoms with E-state index >= 15 is 0 Å². The summed E-state index contributed by atoms with van der Waals surface area (Å²) in [5.74, 6) is 0.580. The zero-order valence-corrected chi connectivity index (χ0v) is 10.9. The molecule has 5 heteroatoms. The first kappa shape index (κ1) is 13.2. The number of hydrogen-bond acceptors (Lipinski definition) is 4. The molecule has 0 aromatic carbocycles. The van der Waals surface area contributed by atoms with Crippen LogP contribution in [0.3, 0.4) is 0 Å². The normalized spacial score (nSPS) is 20.2. The van der Waals surface area contributed by atoms with Crippen LogP contribution in [0.1, 0.15) is 18.4 Å². The van der Waals surface area contributed by atoms with Crippen molar-refractivity contribution in [3.8, 4) is 0 Å². The van der Waals surface area contributed by atoms with Gasteiger partial charge in [0, 0.05) is 32.3 Å². The summed E-state index contributed by atoms with van der Waals surface area (Å²) in [6.45, 7) is 2.40. The van der Waals surface area contributed by atoms with Crippen LogP contribution < -0.4 is 10.2 Å². The summed E-state index contributed by atoms with van der Waals surface area (Å²) in [5, 5.41) is 3.05. The summed E-state index contributed by atoms with van der Waals surface area (Å²) in [6.07, 6.45) is 3.69. The molecule has 1 saturated heterocycles. The molecule has 18 heavy (non-hydrogen) atoms.